The van der Waals surface area contributed by atoms with Crippen LogP contribution in [0.2, 0.25) is 0 Å². The summed E-state index contributed by atoms with van der Waals surface area (Å²) >= 11 is 0. The van der Waals surface area contributed by atoms with Gasteiger partial charge in [-0.3, -0.25) is 9.59 Å². The molecule has 58 heavy (non-hydrogen) atoms. The Morgan fingerprint density at radius 1 is 0.414 bits per heavy atom. The minimum atomic E-state index is -0.769. The second-order valence-corrected chi connectivity index (χ2v) is 16.2. The van der Waals surface area contributed by atoms with E-state index in [1.54, 1.807) is 0 Å². The van der Waals surface area contributed by atoms with E-state index in [9.17, 15) is 14.7 Å². The molecule has 0 saturated carbocycles. The molecule has 334 valence electrons. The Kier molecular flexibility index (Phi) is 46.5. The molecule has 5 nitrogen and oxygen atoms in total. The lowest BCUT2D eigenvalue weighted by Crippen LogP contribution is -2.28. The number of carbonyl (C=O) groups excluding carboxylic acids is 2. The van der Waals surface area contributed by atoms with Gasteiger partial charge in [-0.15, -0.1) is 0 Å². The topological polar surface area (TPSA) is 72.8 Å². The number of esters is 2. The lowest BCUT2D eigenvalue weighted by Gasteiger charge is -2.15. The van der Waals surface area contributed by atoms with Gasteiger partial charge in [0.1, 0.15) is 6.61 Å². The van der Waals surface area contributed by atoms with Crippen molar-refractivity contribution in [3.8, 4) is 0 Å². The summed E-state index contributed by atoms with van der Waals surface area (Å²) in [7, 11) is 0. The molecular formula is C53H92O5. The smallest absolute Gasteiger partial charge is 0.306 e. The summed E-state index contributed by atoms with van der Waals surface area (Å²) in [5, 5.41) is 9.56. The zero-order chi connectivity index (χ0) is 42.1. The van der Waals surface area contributed by atoms with E-state index in [0.29, 0.717) is 12.8 Å². The Bertz CT molecular complexity index is 1050. The molecule has 0 aliphatic carbocycles. The summed E-state index contributed by atoms with van der Waals surface area (Å²) in [4.78, 5) is 24.2. The van der Waals surface area contributed by atoms with Crippen LogP contribution >= 0.6 is 0 Å². The first-order valence-corrected chi connectivity index (χ1v) is 24.5. The number of allylic oxidation sites excluding steroid dienone is 12. The quantitative estimate of drug-likeness (QED) is 0.0377. The molecule has 0 aromatic carbocycles. The van der Waals surface area contributed by atoms with Crippen LogP contribution in [-0.4, -0.2) is 36.4 Å². The number of hydrogen-bond acceptors (Lipinski definition) is 5. The predicted octanol–water partition coefficient (Wildman–Crippen LogP) is 16.1. The highest BCUT2D eigenvalue weighted by atomic mass is 16.6. The molecule has 0 amide bonds. The van der Waals surface area contributed by atoms with Gasteiger partial charge >= 0.3 is 11.9 Å². The van der Waals surface area contributed by atoms with Crippen LogP contribution in [0.3, 0.4) is 0 Å². The third kappa shape index (κ3) is 46.0. The standard InChI is InChI=1S/C53H92O5/c1-3-5-7-9-11-13-14-15-16-17-18-19-20-21-22-23-24-25-26-27-28-29-30-31-32-33-34-35-36-37-38-40-42-44-46-48-53(56)58-51(49-54)50-57-52(55)47-45-43-41-39-12-10-8-6-4-2/h5,7,11,13,15-16,18-19,21-22,24-25,51,54H,3-4,6,8-10,12,14,17,20,23,26-50H2,1-2H3/b7-5-,13-11-,16-15-,19-18-,22-21-,25-24-. The maximum atomic E-state index is 12.2. The predicted molar refractivity (Wildman–Crippen MR) is 251 cm³/mol. The first-order valence-electron chi connectivity index (χ1n) is 24.5. The average Bonchev–Trinajstić information content (AvgIpc) is 3.23. The van der Waals surface area contributed by atoms with Crippen molar-refractivity contribution in [1.29, 1.82) is 0 Å². The molecule has 0 bridgehead atoms. The molecule has 0 aromatic rings. The lowest BCUT2D eigenvalue weighted by molar-refractivity contribution is -0.161. The molecule has 0 heterocycles. The van der Waals surface area contributed by atoms with E-state index >= 15 is 0 Å². The van der Waals surface area contributed by atoms with Gasteiger partial charge in [0.2, 0.25) is 0 Å². The summed E-state index contributed by atoms with van der Waals surface area (Å²) in [6, 6.07) is 0. The van der Waals surface area contributed by atoms with Gasteiger partial charge in [0.05, 0.1) is 6.61 Å². The summed E-state index contributed by atoms with van der Waals surface area (Å²) in [6.07, 6.45) is 65.8. The molecule has 0 radical (unpaired) electrons. The van der Waals surface area contributed by atoms with Gasteiger partial charge in [-0.1, -0.05) is 228 Å². The van der Waals surface area contributed by atoms with E-state index in [0.717, 1.165) is 77.0 Å². The van der Waals surface area contributed by atoms with Crippen LogP contribution in [0.1, 0.15) is 232 Å². The van der Waals surface area contributed by atoms with E-state index in [2.05, 4.69) is 86.8 Å². The minimum absolute atomic E-state index is 0.0641. The van der Waals surface area contributed by atoms with Gasteiger partial charge < -0.3 is 14.6 Å². The molecule has 0 rings (SSSR count). The van der Waals surface area contributed by atoms with E-state index in [-0.39, 0.29) is 25.2 Å². The minimum Gasteiger partial charge on any atom is -0.462 e. The van der Waals surface area contributed by atoms with Crippen molar-refractivity contribution in [3.63, 3.8) is 0 Å². The van der Waals surface area contributed by atoms with Crippen molar-refractivity contribution in [3.05, 3.63) is 72.9 Å². The summed E-state index contributed by atoms with van der Waals surface area (Å²) in [5.41, 5.74) is 0. The van der Waals surface area contributed by atoms with Crippen molar-refractivity contribution in [2.24, 2.45) is 0 Å². The van der Waals surface area contributed by atoms with Crippen LogP contribution in [0.5, 0.6) is 0 Å². The van der Waals surface area contributed by atoms with Gasteiger partial charge in [0, 0.05) is 12.8 Å². The summed E-state index contributed by atoms with van der Waals surface area (Å²) < 4.78 is 10.6. The SMILES string of the molecule is CC/C=C\C/C=C\C/C=C\C/C=C\C/C=C\C/C=C\CCCCCCCCCCCCCCCCCCC(=O)OC(CO)COC(=O)CCCCCCCCCCC. The summed E-state index contributed by atoms with van der Waals surface area (Å²) in [5.74, 6) is -0.589. The molecule has 0 spiro atoms. The fraction of sp³-hybridized carbons (Fsp3) is 0.736. The molecule has 1 unspecified atom stereocenters. The Balaban J connectivity index is 3.46. The number of rotatable bonds is 44. The largest absolute Gasteiger partial charge is 0.462 e. The second kappa shape index (κ2) is 48.7. The third-order valence-corrected chi connectivity index (χ3v) is 10.5. The Labute approximate surface area is 359 Å². The lowest BCUT2D eigenvalue weighted by atomic mass is 10.0. The second-order valence-electron chi connectivity index (χ2n) is 16.2. The maximum absolute atomic E-state index is 12.2. The molecule has 0 aromatic heterocycles. The number of unbranched alkanes of at least 4 members (excludes halogenated alkanes) is 24. The zero-order valence-corrected chi connectivity index (χ0v) is 38.0. The van der Waals surface area contributed by atoms with E-state index in [1.807, 2.05) is 0 Å². The third-order valence-electron chi connectivity index (χ3n) is 10.5. The molecule has 0 aliphatic heterocycles. The van der Waals surface area contributed by atoms with E-state index in [4.69, 9.17) is 9.47 Å². The molecule has 1 atom stereocenters. The first-order chi connectivity index (χ1) is 28.6. The van der Waals surface area contributed by atoms with Crippen LogP contribution in [0.25, 0.3) is 0 Å². The fourth-order valence-corrected chi connectivity index (χ4v) is 6.85. The van der Waals surface area contributed by atoms with Crippen molar-refractivity contribution >= 4 is 11.9 Å². The van der Waals surface area contributed by atoms with E-state index < -0.39 is 6.10 Å². The van der Waals surface area contributed by atoms with Gasteiger partial charge in [-0.05, 0) is 64.2 Å². The van der Waals surface area contributed by atoms with Gasteiger partial charge in [-0.25, -0.2) is 0 Å². The van der Waals surface area contributed by atoms with Crippen molar-refractivity contribution in [1.82, 2.24) is 0 Å². The fourth-order valence-electron chi connectivity index (χ4n) is 6.85. The number of aliphatic hydroxyl groups is 1. The van der Waals surface area contributed by atoms with Crippen LogP contribution in [0.15, 0.2) is 72.9 Å². The Morgan fingerprint density at radius 2 is 0.741 bits per heavy atom. The van der Waals surface area contributed by atoms with Crippen molar-refractivity contribution in [2.45, 2.75) is 238 Å². The van der Waals surface area contributed by atoms with Crippen molar-refractivity contribution in [2.75, 3.05) is 13.2 Å². The highest BCUT2D eigenvalue weighted by molar-refractivity contribution is 5.70. The van der Waals surface area contributed by atoms with Gasteiger partial charge in [0.15, 0.2) is 6.10 Å². The maximum Gasteiger partial charge on any atom is 0.306 e. The van der Waals surface area contributed by atoms with Gasteiger partial charge in [-0.2, -0.15) is 0 Å². The number of carbonyl (C=O) groups is 2. The highest BCUT2D eigenvalue weighted by Gasteiger charge is 2.16. The monoisotopic (exact) mass is 809 g/mol. The van der Waals surface area contributed by atoms with Gasteiger partial charge in [0.25, 0.3) is 0 Å². The first kappa shape index (κ1) is 55.3. The summed E-state index contributed by atoms with van der Waals surface area (Å²) in [6.45, 7) is 4.01. The number of hydrogen-bond donors (Lipinski definition) is 1. The molecule has 1 N–H and O–H groups in total. The Morgan fingerprint density at radius 3 is 1.12 bits per heavy atom. The highest BCUT2D eigenvalue weighted by Crippen LogP contribution is 2.15. The Hall–Kier alpha value is -2.66. The van der Waals surface area contributed by atoms with E-state index in [1.165, 1.54) is 128 Å². The average molecular weight is 809 g/mol. The number of ether oxygens (including phenoxy) is 2. The van der Waals surface area contributed by atoms with Crippen LogP contribution in [0, 0.1) is 0 Å². The molecule has 0 aliphatic rings. The molecule has 0 fully saturated rings. The molecular weight excluding hydrogens is 717 g/mol. The normalized spacial score (nSPS) is 12.8. The van der Waals surface area contributed by atoms with Crippen LogP contribution in [0.4, 0.5) is 0 Å². The van der Waals surface area contributed by atoms with Crippen molar-refractivity contribution < 1.29 is 24.2 Å². The van der Waals surface area contributed by atoms with Crippen LogP contribution < -0.4 is 0 Å². The molecule has 0 saturated heterocycles. The molecule has 5 heteroatoms. The van der Waals surface area contributed by atoms with Crippen LogP contribution in [-0.2, 0) is 19.1 Å². The number of aliphatic hydroxyl groups excluding tert-OH is 1. The zero-order valence-electron chi connectivity index (χ0n) is 38.0.